The number of nitrogens with zero attached hydrogens (tertiary/aromatic N) is 2. The number of non-ortho nitro benzene ring substituents is 1. The third-order valence-electron chi connectivity index (χ3n) is 4.86. The molecule has 0 saturated carbocycles. The Morgan fingerprint density at radius 3 is 2.81 bits per heavy atom. The molecule has 1 aliphatic heterocycles. The average Bonchev–Trinajstić information content (AvgIpc) is 2.77. The van der Waals surface area contributed by atoms with Crippen LogP contribution in [0.25, 0.3) is 0 Å². The Morgan fingerprint density at radius 1 is 1.32 bits per heavy atom. The van der Waals surface area contributed by atoms with Crippen molar-refractivity contribution in [1.82, 2.24) is 5.32 Å². The molecule has 0 aromatic heterocycles. The van der Waals surface area contributed by atoms with Crippen LogP contribution in [0.5, 0.6) is 0 Å². The zero-order chi connectivity index (χ0) is 22.4. The molecule has 2 aromatic rings. The minimum Gasteiger partial charge on any atom is -0.325 e. The van der Waals surface area contributed by atoms with Gasteiger partial charge in [0.15, 0.2) is 0 Å². The van der Waals surface area contributed by atoms with E-state index >= 15 is 0 Å². The van der Waals surface area contributed by atoms with Gasteiger partial charge >= 0.3 is 0 Å². The number of rotatable bonds is 7. The van der Waals surface area contributed by atoms with Crippen LogP contribution in [0, 0.1) is 21.4 Å². The Balaban J connectivity index is 1.79. The topological polar surface area (TPSA) is 125 Å². The van der Waals surface area contributed by atoms with Crippen molar-refractivity contribution >= 4 is 35.0 Å². The van der Waals surface area contributed by atoms with E-state index in [1.165, 1.54) is 18.2 Å². The second kappa shape index (κ2) is 9.91. The highest BCUT2D eigenvalue weighted by Crippen LogP contribution is 2.37. The molecule has 1 aliphatic rings. The van der Waals surface area contributed by atoms with Gasteiger partial charge in [0.2, 0.25) is 11.8 Å². The summed E-state index contributed by atoms with van der Waals surface area (Å²) in [5.74, 6) is -1.18. The maximum absolute atomic E-state index is 12.4. The lowest BCUT2D eigenvalue weighted by Gasteiger charge is -2.25. The highest BCUT2D eigenvalue weighted by Gasteiger charge is 2.30. The van der Waals surface area contributed by atoms with E-state index in [4.69, 9.17) is 0 Å². The summed E-state index contributed by atoms with van der Waals surface area (Å²) in [6.07, 6.45) is 0.776. The summed E-state index contributed by atoms with van der Waals surface area (Å²) in [7, 11) is 0. The van der Waals surface area contributed by atoms with Gasteiger partial charge in [0.05, 0.1) is 27.3 Å². The summed E-state index contributed by atoms with van der Waals surface area (Å²) in [5.41, 5.74) is 2.43. The van der Waals surface area contributed by atoms with Crippen LogP contribution in [0.3, 0.4) is 0 Å². The first-order chi connectivity index (χ1) is 14.9. The standard InChI is InChI=1S/C22H20N4O4S/c1-2-14-6-3-4-9-19(14)24-21(28)13-31-22-18(12-23)17(11-20(27)25-22)15-7-5-8-16(10-15)26(29)30/h3-10,17H,2,11,13H2,1H3,(H,24,28)(H,25,27)/t17-/m0/s1. The van der Waals surface area contributed by atoms with E-state index in [-0.39, 0.29) is 35.2 Å². The fourth-order valence-corrected chi connectivity index (χ4v) is 4.22. The first-order valence-electron chi connectivity index (χ1n) is 9.62. The lowest BCUT2D eigenvalue weighted by Crippen LogP contribution is -2.31. The number of hydrogen-bond donors (Lipinski definition) is 2. The van der Waals surface area contributed by atoms with Crippen molar-refractivity contribution in [1.29, 1.82) is 5.26 Å². The zero-order valence-electron chi connectivity index (χ0n) is 16.8. The summed E-state index contributed by atoms with van der Waals surface area (Å²) in [6, 6.07) is 15.5. The number of nitrogens with one attached hydrogen (secondary N) is 2. The van der Waals surface area contributed by atoms with E-state index in [0.29, 0.717) is 10.6 Å². The predicted octanol–water partition coefficient (Wildman–Crippen LogP) is 3.87. The Kier molecular flexibility index (Phi) is 7.05. The number of allylic oxidation sites excluding steroid dienone is 1. The van der Waals surface area contributed by atoms with Gasteiger partial charge in [0.25, 0.3) is 5.69 Å². The fourth-order valence-electron chi connectivity index (χ4n) is 3.35. The molecule has 0 unspecified atom stereocenters. The summed E-state index contributed by atoms with van der Waals surface area (Å²) in [4.78, 5) is 35.3. The van der Waals surface area contributed by atoms with E-state index in [9.17, 15) is 25.0 Å². The maximum Gasteiger partial charge on any atom is 0.269 e. The van der Waals surface area contributed by atoms with Crippen LogP contribution < -0.4 is 10.6 Å². The van der Waals surface area contributed by atoms with Crippen LogP contribution >= 0.6 is 11.8 Å². The minimum atomic E-state index is -0.606. The monoisotopic (exact) mass is 436 g/mol. The first-order valence-corrected chi connectivity index (χ1v) is 10.6. The number of carbonyl (C=O) groups is 2. The molecule has 3 rings (SSSR count). The number of hydrogen-bond acceptors (Lipinski definition) is 6. The molecule has 1 atom stereocenters. The normalized spacial score (nSPS) is 15.7. The average molecular weight is 436 g/mol. The molecule has 1 heterocycles. The van der Waals surface area contributed by atoms with Gasteiger partial charge in [-0.3, -0.25) is 19.7 Å². The number of nitro groups is 1. The molecule has 9 heteroatoms. The Morgan fingerprint density at radius 2 is 2.10 bits per heavy atom. The van der Waals surface area contributed by atoms with E-state index < -0.39 is 10.8 Å². The van der Waals surface area contributed by atoms with Gasteiger partial charge < -0.3 is 10.6 Å². The molecule has 158 valence electrons. The highest BCUT2D eigenvalue weighted by molar-refractivity contribution is 8.03. The number of anilines is 1. The molecule has 8 nitrogen and oxygen atoms in total. The van der Waals surface area contributed by atoms with Gasteiger partial charge in [0.1, 0.15) is 0 Å². The van der Waals surface area contributed by atoms with Crippen molar-refractivity contribution in [2.45, 2.75) is 25.7 Å². The van der Waals surface area contributed by atoms with Gasteiger partial charge in [-0.2, -0.15) is 5.26 Å². The van der Waals surface area contributed by atoms with Crippen LogP contribution in [0.2, 0.25) is 0 Å². The molecule has 2 amide bonds. The second-order valence-electron chi connectivity index (χ2n) is 6.86. The quantitative estimate of drug-likeness (QED) is 0.501. The summed E-state index contributed by atoms with van der Waals surface area (Å²) in [5, 5.41) is 26.6. The summed E-state index contributed by atoms with van der Waals surface area (Å²) >= 11 is 1.06. The number of benzene rings is 2. The highest BCUT2D eigenvalue weighted by atomic mass is 32.2. The van der Waals surface area contributed by atoms with Crippen LogP contribution in [-0.4, -0.2) is 22.5 Å². The number of para-hydroxylation sites is 1. The maximum atomic E-state index is 12.4. The van der Waals surface area contributed by atoms with Crippen molar-refractivity contribution < 1.29 is 14.5 Å². The predicted molar refractivity (Wildman–Crippen MR) is 118 cm³/mol. The Hall–Kier alpha value is -3.64. The third-order valence-corrected chi connectivity index (χ3v) is 5.88. The molecule has 0 saturated heterocycles. The first kappa shape index (κ1) is 22.1. The van der Waals surface area contributed by atoms with Gasteiger partial charge in [0, 0.05) is 30.2 Å². The molecule has 0 bridgehead atoms. The molecular formula is C22H20N4O4S. The number of carbonyl (C=O) groups excluding carboxylic acids is 2. The van der Waals surface area contributed by atoms with Crippen molar-refractivity contribution in [2.75, 3.05) is 11.1 Å². The van der Waals surface area contributed by atoms with Gasteiger partial charge in [-0.1, -0.05) is 49.0 Å². The second-order valence-corrected chi connectivity index (χ2v) is 7.84. The van der Waals surface area contributed by atoms with Crippen molar-refractivity contribution in [3.63, 3.8) is 0 Å². The van der Waals surface area contributed by atoms with Gasteiger partial charge in [-0.05, 0) is 23.6 Å². The van der Waals surface area contributed by atoms with E-state index in [2.05, 4.69) is 16.7 Å². The van der Waals surface area contributed by atoms with Crippen LogP contribution in [0.4, 0.5) is 11.4 Å². The van der Waals surface area contributed by atoms with E-state index in [0.717, 1.165) is 29.4 Å². The lowest BCUT2D eigenvalue weighted by atomic mass is 9.87. The lowest BCUT2D eigenvalue weighted by molar-refractivity contribution is -0.384. The van der Waals surface area contributed by atoms with Crippen LogP contribution in [0.15, 0.2) is 59.1 Å². The smallest absolute Gasteiger partial charge is 0.269 e. The van der Waals surface area contributed by atoms with Gasteiger partial charge in [-0.15, -0.1) is 0 Å². The molecule has 2 aromatic carbocycles. The molecule has 2 N–H and O–H groups in total. The van der Waals surface area contributed by atoms with E-state index in [1.807, 2.05) is 31.2 Å². The zero-order valence-corrected chi connectivity index (χ0v) is 17.6. The van der Waals surface area contributed by atoms with Crippen molar-refractivity contribution in [2.24, 2.45) is 0 Å². The number of nitriles is 1. The summed E-state index contributed by atoms with van der Waals surface area (Å²) < 4.78 is 0. The van der Waals surface area contributed by atoms with Gasteiger partial charge in [-0.25, -0.2) is 0 Å². The number of nitro benzene ring substituents is 1. The molecule has 0 radical (unpaired) electrons. The molecule has 0 aliphatic carbocycles. The van der Waals surface area contributed by atoms with Crippen LogP contribution in [-0.2, 0) is 16.0 Å². The SMILES string of the molecule is CCc1ccccc1NC(=O)CSC1=C(C#N)[C@H](c2cccc([N+](=O)[O-])c2)CC(=O)N1. The largest absolute Gasteiger partial charge is 0.325 e. The van der Waals surface area contributed by atoms with Crippen LogP contribution in [0.1, 0.15) is 30.4 Å². The Labute approximate surface area is 183 Å². The third kappa shape index (κ3) is 5.29. The van der Waals surface area contributed by atoms with Crippen molar-refractivity contribution in [3.8, 4) is 6.07 Å². The van der Waals surface area contributed by atoms with Crippen molar-refractivity contribution in [3.05, 3.63) is 80.4 Å². The van der Waals surface area contributed by atoms with E-state index in [1.54, 1.807) is 6.07 Å². The molecule has 0 fully saturated rings. The Bertz CT molecular complexity index is 1110. The number of amides is 2. The minimum absolute atomic E-state index is 0.000495. The molecule has 31 heavy (non-hydrogen) atoms. The fraction of sp³-hybridized carbons (Fsp3) is 0.227. The summed E-state index contributed by atoms with van der Waals surface area (Å²) in [6.45, 7) is 2.00. The molecule has 0 spiro atoms. The number of aryl methyl sites for hydroxylation is 1. The molecular weight excluding hydrogens is 416 g/mol. The number of thioether (sulfide) groups is 1.